The number of nitrogens with zero attached hydrogens (tertiary/aromatic N) is 3. The molecule has 0 radical (unpaired) electrons. The number of aliphatic carboxylic acids is 1. The lowest BCUT2D eigenvalue weighted by atomic mass is 10.4. The number of thioether (sulfide) groups is 1. The van der Waals surface area contributed by atoms with Gasteiger partial charge in [0.1, 0.15) is 12.2 Å². The Kier molecular flexibility index (Phi) is 5.15. The number of hydrogen-bond donors (Lipinski definition) is 2. The zero-order chi connectivity index (χ0) is 14.5. The van der Waals surface area contributed by atoms with Crippen LogP contribution in [0.25, 0.3) is 0 Å². The van der Waals surface area contributed by atoms with Crippen LogP contribution >= 0.6 is 11.8 Å². The highest BCUT2D eigenvalue weighted by Crippen LogP contribution is 2.29. The Bertz CT molecular complexity index is 462. The van der Waals surface area contributed by atoms with Gasteiger partial charge in [-0.05, 0) is 11.8 Å². The Labute approximate surface area is 109 Å². The number of nitrogens with one attached hydrogen (secondary N) is 1. The van der Waals surface area contributed by atoms with E-state index in [2.05, 4.69) is 15.6 Å². The quantitative estimate of drug-likeness (QED) is 0.780. The Morgan fingerprint density at radius 2 is 2.16 bits per heavy atom. The first kappa shape index (κ1) is 15.3. The van der Waals surface area contributed by atoms with E-state index >= 15 is 0 Å². The molecule has 2 N–H and O–H groups in total. The summed E-state index contributed by atoms with van der Waals surface area (Å²) in [6.45, 7) is -0.498. The summed E-state index contributed by atoms with van der Waals surface area (Å²) in [6, 6.07) is 0. The Morgan fingerprint density at radius 3 is 2.74 bits per heavy atom. The molecule has 0 fully saturated rings. The third-order valence-corrected chi connectivity index (χ3v) is 2.45. The highest BCUT2D eigenvalue weighted by molar-refractivity contribution is 8.00. The zero-order valence-electron chi connectivity index (χ0n) is 9.35. The second-order valence-corrected chi connectivity index (χ2v) is 4.35. The van der Waals surface area contributed by atoms with Gasteiger partial charge in [-0.3, -0.25) is 9.59 Å². The summed E-state index contributed by atoms with van der Waals surface area (Å²) in [5.41, 5.74) is -4.20. The van der Waals surface area contributed by atoms with E-state index in [4.69, 9.17) is 5.11 Å². The van der Waals surface area contributed by atoms with E-state index in [1.807, 2.05) is 0 Å². The fourth-order valence-corrected chi connectivity index (χ4v) is 1.42. The molecule has 0 bridgehead atoms. The molecular formula is C8H9F3N4O3S. The van der Waals surface area contributed by atoms with Crippen LogP contribution in [0.1, 0.15) is 5.69 Å². The average Bonchev–Trinajstić information content (AvgIpc) is 2.69. The molecule has 0 unspecified atom stereocenters. The molecule has 0 aliphatic carbocycles. The van der Waals surface area contributed by atoms with Gasteiger partial charge >= 0.3 is 11.5 Å². The normalized spacial score (nSPS) is 11.3. The van der Waals surface area contributed by atoms with Crippen molar-refractivity contribution in [2.45, 2.75) is 18.6 Å². The van der Waals surface area contributed by atoms with Crippen LogP contribution in [0.5, 0.6) is 0 Å². The fourth-order valence-electron chi connectivity index (χ4n) is 1.02. The molecule has 0 aliphatic heterocycles. The minimum Gasteiger partial charge on any atom is -0.480 e. The van der Waals surface area contributed by atoms with Crippen LogP contribution < -0.4 is 5.32 Å². The number of aromatic nitrogens is 3. The molecule has 7 nitrogen and oxygen atoms in total. The topological polar surface area (TPSA) is 97.1 Å². The van der Waals surface area contributed by atoms with E-state index in [1.165, 1.54) is 6.20 Å². The number of amides is 1. The molecule has 0 spiro atoms. The van der Waals surface area contributed by atoms with Gasteiger partial charge in [0.15, 0.2) is 0 Å². The summed E-state index contributed by atoms with van der Waals surface area (Å²) in [4.78, 5) is 21.4. The molecule has 0 aromatic carbocycles. The van der Waals surface area contributed by atoms with E-state index in [0.29, 0.717) is 0 Å². The van der Waals surface area contributed by atoms with E-state index in [1.54, 1.807) is 0 Å². The second-order valence-electron chi connectivity index (χ2n) is 3.31. The van der Waals surface area contributed by atoms with Gasteiger partial charge in [0, 0.05) is 0 Å². The van der Waals surface area contributed by atoms with Crippen LogP contribution in [0.15, 0.2) is 6.20 Å². The SMILES string of the molecule is O=C(O)Cn1cc(CNC(=O)CSC(F)(F)F)nn1. The number of carboxylic acid groups (broad SMARTS) is 1. The Balaban J connectivity index is 2.34. The molecule has 1 amide bonds. The molecule has 1 rings (SSSR count). The van der Waals surface area contributed by atoms with E-state index in [9.17, 15) is 22.8 Å². The van der Waals surface area contributed by atoms with Crippen molar-refractivity contribution in [3.63, 3.8) is 0 Å². The smallest absolute Gasteiger partial charge is 0.442 e. The predicted octanol–water partition coefficient (Wildman–Crippen LogP) is 0.232. The number of alkyl halides is 3. The van der Waals surface area contributed by atoms with Crippen LogP contribution in [0.4, 0.5) is 13.2 Å². The highest BCUT2D eigenvalue weighted by Gasteiger charge is 2.29. The first-order valence-corrected chi connectivity index (χ1v) is 5.83. The van der Waals surface area contributed by atoms with Gasteiger partial charge in [0.25, 0.3) is 0 Å². The van der Waals surface area contributed by atoms with Crippen LogP contribution in [0.2, 0.25) is 0 Å². The van der Waals surface area contributed by atoms with Gasteiger partial charge < -0.3 is 10.4 Å². The molecule has 106 valence electrons. The first-order chi connectivity index (χ1) is 8.76. The average molecular weight is 298 g/mol. The molecule has 1 aromatic heterocycles. The summed E-state index contributed by atoms with van der Waals surface area (Å²) >= 11 is -0.441. The summed E-state index contributed by atoms with van der Waals surface area (Å²) < 4.78 is 36.5. The van der Waals surface area contributed by atoms with Crippen LogP contribution in [0, 0.1) is 0 Å². The van der Waals surface area contributed by atoms with Gasteiger partial charge in [-0.15, -0.1) is 5.10 Å². The number of hydrogen-bond acceptors (Lipinski definition) is 5. The molecule has 1 heterocycles. The van der Waals surface area contributed by atoms with Crippen LogP contribution in [-0.2, 0) is 22.7 Å². The number of carbonyl (C=O) groups is 2. The van der Waals surface area contributed by atoms with Crippen molar-refractivity contribution in [1.82, 2.24) is 20.3 Å². The number of carboxylic acids is 1. The molecule has 0 saturated heterocycles. The summed E-state index contributed by atoms with van der Waals surface area (Å²) in [6.07, 6.45) is 1.28. The van der Waals surface area contributed by atoms with Crippen molar-refractivity contribution in [2.75, 3.05) is 5.75 Å². The molecule has 11 heteroatoms. The van der Waals surface area contributed by atoms with Crippen molar-refractivity contribution >= 4 is 23.6 Å². The Morgan fingerprint density at radius 1 is 1.47 bits per heavy atom. The van der Waals surface area contributed by atoms with Crippen molar-refractivity contribution in [1.29, 1.82) is 0 Å². The maximum absolute atomic E-state index is 11.8. The van der Waals surface area contributed by atoms with Crippen molar-refractivity contribution < 1.29 is 27.9 Å². The fraction of sp³-hybridized carbons (Fsp3) is 0.500. The van der Waals surface area contributed by atoms with Gasteiger partial charge in [0.05, 0.1) is 18.5 Å². The van der Waals surface area contributed by atoms with E-state index < -0.39 is 34.9 Å². The monoisotopic (exact) mass is 298 g/mol. The molecule has 1 aromatic rings. The summed E-state index contributed by atoms with van der Waals surface area (Å²) in [7, 11) is 0. The van der Waals surface area contributed by atoms with Crippen molar-refractivity contribution in [2.24, 2.45) is 0 Å². The highest BCUT2D eigenvalue weighted by atomic mass is 32.2. The van der Waals surface area contributed by atoms with Crippen LogP contribution in [-0.4, -0.2) is 43.2 Å². The first-order valence-electron chi connectivity index (χ1n) is 4.84. The lowest BCUT2D eigenvalue weighted by Gasteiger charge is -2.05. The van der Waals surface area contributed by atoms with Crippen molar-refractivity contribution in [3.8, 4) is 0 Å². The standard InChI is InChI=1S/C8H9F3N4O3S/c9-8(10,11)19-4-6(16)12-1-5-2-15(14-13-5)3-7(17)18/h2H,1,3-4H2,(H,12,16)(H,17,18). The minimum absolute atomic E-state index is 0.114. The third kappa shape index (κ3) is 6.64. The lowest BCUT2D eigenvalue weighted by molar-refractivity contribution is -0.138. The van der Waals surface area contributed by atoms with Gasteiger partial charge in [0.2, 0.25) is 5.91 Å². The predicted molar refractivity (Wildman–Crippen MR) is 58.0 cm³/mol. The molecule has 0 saturated carbocycles. The molecule has 0 atom stereocenters. The third-order valence-electron chi connectivity index (χ3n) is 1.72. The Hall–Kier alpha value is -1.78. The maximum Gasteiger partial charge on any atom is 0.442 e. The lowest BCUT2D eigenvalue weighted by Crippen LogP contribution is -2.26. The summed E-state index contributed by atoms with van der Waals surface area (Å²) in [5, 5.41) is 17.7. The zero-order valence-corrected chi connectivity index (χ0v) is 10.2. The molecule has 19 heavy (non-hydrogen) atoms. The maximum atomic E-state index is 11.8. The second kappa shape index (κ2) is 6.41. The van der Waals surface area contributed by atoms with Gasteiger partial charge in [-0.25, -0.2) is 4.68 Å². The van der Waals surface area contributed by atoms with Gasteiger partial charge in [-0.1, -0.05) is 5.21 Å². The van der Waals surface area contributed by atoms with Crippen LogP contribution in [0.3, 0.4) is 0 Å². The van der Waals surface area contributed by atoms with E-state index in [0.717, 1.165) is 4.68 Å². The van der Waals surface area contributed by atoms with Crippen molar-refractivity contribution in [3.05, 3.63) is 11.9 Å². The van der Waals surface area contributed by atoms with Gasteiger partial charge in [-0.2, -0.15) is 13.2 Å². The molecular weight excluding hydrogens is 289 g/mol. The largest absolute Gasteiger partial charge is 0.480 e. The number of carbonyl (C=O) groups excluding carboxylic acids is 1. The van der Waals surface area contributed by atoms with E-state index in [-0.39, 0.29) is 18.8 Å². The number of halogens is 3. The number of rotatable bonds is 6. The molecule has 0 aliphatic rings. The summed E-state index contributed by atoms with van der Waals surface area (Å²) in [5.74, 6) is -2.65. The minimum atomic E-state index is -4.46.